The maximum absolute atomic E-state index is 13.7. The first-order valence-corrected chi connectivity index (χ1v) is 13.1. The van der Waals surface area contributed by atoms with E-state index in [-0.39, 0.29) is 23.1 Å². The Bertz CT molecular complexity index is 1430. The monoisotopic (exact) mass is 490 g/mol. The van der Waals surface area contributed by atoms with Gasteiger partial charge in [0.25, 0.3) is 10.0 Å². The van der Waals surface area contributed by atoms with Gasteiger partial charge in [-0.1, -0.05) is 42.5 Å². The van der Waals surface area contributed by atoms with Crippen LogP contribution in [-0.4, -0.2) is 31.0 Å². The van der Waals surface area contributed by atoms with Crippen molar-refractivity contribution < 1.29 is 18.3 Å². The molecule has 3 heterocycles. The molecule has 0 saturated heterocycles. The summed E-state index contributed by atoms with van der Waals surface area (Å²) in [6.45, 7) is 0.222. The summed E-state index contributed by atoms with van der Waals surface area (Å²) >= 11 is 1.19. The van der Waals surface area contributed by atoms with E-state index in [1.165, 1.54) is 15.6 Å². The molecule has 0 amide bonds. The van der Waals surface area contributed by atoms with Crippen LogP contribution < -0.4 is 4.31 Å². The van der Waals surface area contributed by atoms with Gasteiger partial charge in [-0.3, -0.25) is 14.1 Å². The first-order chi connectivity index (χ1) is 16.4. The Morgan fingerprint density at radius 1 is 1.00 bits per heavy atom. The number of aromatic nitrogens is 1. The number of carboxylic acids is 1. The molecule has 34 heavy (non-hydrogen) atoms. The Labute approximate surface area is 202 Å². The number of pyridine rings is 1. The van der Waals surface area contributed by atoms with E-state index in [4.69, 9.17) is 0 Å². The summed E-state index contributed by atoms with van der Waals surface area (Å²) in [6, 6.07) is 24.5. The standard InChI is InChI=1S/C26H22N2O4S2/c29-25(30)13-10-20-17-28(23-11-9-19(16-21(20)23)18-6-2-1-3-7-18)34(31,32)26-14-12-24(33-26)22-8-4-5-15-27-22/h1-9,11-12,14-16,20H,10,13,17H2,(H,29,30). The first kappa shape index (κ1) is 22.3. The second-order valence-electron chi connectivity index (χ2n) is 8.14. The molecule has 0 fully saturated rings. The Hall–Kier alpha value is -3.49. The number of fused-ring (bicyclic) bond motifs is 1. The highest BCUT2D eigenvalue weighted by Crippen LogP contribution is 2.44. The highest BCUT2D eigenvalue weighted by Gasteiger charge is 2.37. The van der Waals surface area contributed by atoms with E-state index in [0.717, 1.165) is 27.3 Å². The Morgan fingerprint density at radius 2 is 1.79 bits per heavy atom. The van der Waals surface area contributed by atoms with Gasteiger partial charge in [-0.15, -0.1) is 11.3 Å². The van der Waals surface area contributed by atoms with Crippen LogP contribution in [0, 0.1) is 0 Å². The van der Waals surface area contributed by atoms with Crippen molar-refractivity contribution in [1.29, 1.82) is 0 Å². The summed E-state index contributed by atoms with van der Waals surface area (Å²) in [7, 11) is -3.81. The van der Waals surface area contributed by atoms with Crippen LogP contribution in [0.1, 0.15) is 24.3 Å². The molecule has 1 atom stereocenters. The SMILES string of the molecule is O=C(O)CCC1CN(S(=O)(=O)c2ccc(-c3ccccn3)s2)c2ccc(-c3ccccc3)cc21. The van der Waals surface area contributed by atoms with Crippen molar-refractivity contribution in [3.63, 3.8) is 0 Å². The molecular formula is C26H22N2O4S2. The number of carbonyl (C=O) groups is 1. The number of aliphatic carboxylic acids is 1. The molecule has 172 valence electrons. The lowest BCUT2D eigenvalue weighted by Crippen LogP contribution is -2.29. The first-order valence-electron chi connectivity index (χ1n) is 10.9. The average molecular weight is 491 g/mol. The number of thiophene rings is 1. The molecule has 1 unspecified atom stereocenters. The third kappa shape index (κ3) is 4.22. The molecule has 0 bridgehead atoms. The second-order valence-corrected chi connectivity index (χ2v) is 11.3. The largest absolute Gasteiger partial charge is 0.481 e. The van der Waals surface area contributed by atoms with Crippen LogP contribution in [0.5, 0.6) is 0 Å². The topological polar surface area (TPSA) is 87.6 Å². The highest BCUT2D eigenvalue weighted by atomic mass is 32.2. The van der Waals surface area contributed by atoms with Crippen LogP contribution >= 0.6 is 11.3 Å². The lowest BCUT2D eigenvalue weighted by atomic mass is 9.93. The van der Waals surface area contributed by atoms with Crippen molar-refractivity contribution in [2.24, 2.45) is 0 Å². The molecule has 1 N–H and O–H groups in total. The van der Waals surface area contributed by atoms with Crippen LogP contribution in [0.2, 0.25) is 0 Å². The normalized spacial score (nSPS) is 15.3. The minimum absolute atomic E-state index is 0.0175. The Morgan fingerprint density at radius 3 is 2.53 bits per heavy atom. The summed E-state index contributed by atoms with van der Waals surface area (Å²) < 4.78 is 29.0. The smallest absolute Gasteiger partial charge is 0.303 e. The zero-order chi connectivity index (χ0) is 23.7. The minimum Gasteiger partial charge on any atom is -0.481 e. The van der Waals surface area contributed by atoms with Gasteiger partial charge < -0.3 is 5.11 Å². The molecule has 2 aromatic heterocycles. The molecule has 4 aromatic rings. The van der Waals surface area contributed by atoms with Gasteiger partial charge >= 0.3 is 5.97 Å². The number of hydrogen-bond acceptors (Lipinski definition) is 5. The van der Waals surface area contributed by atoms with Gasteiger partial charge in [0, 0.05) is 25.1 Å². The fraction of sp³-hybridized carbons (Fsp3) is 0.154. The van der Waals surface area contributed by atoms with Gasteiger partial charge in [-0.05, 0) is 59.5 Å². The predicted octanol–water partition coefficient (Wildman–Crippen LogP) is 5.63. The molecule has 1 aliphatic rings. The summed E-state index contributed by atoms with van der Waals surface area (Å²) in [5, 5.41) is 9.23. The van der Waals surface area contributed by atoms with Crippen LogP contribution in [0.25, 0.3) is 21.7 Å². The van der Waals surface area contributed by atoms with Gasteiger partial charge in [0.15, 0.2) is 0 Å². The molecule has 2 aromatic carbocycles. The third-order valence-corrected chi connectivity index (χ3v) is 9.33. The lowest BCUT2D eigenvalue weighted by Gasteiger charge is -2.19. The number of sulfonamides is 1. The maximum atomic E-state index is 13.7. The average Bonchev–Trinajstić information content (AvgIpc) is 3.50. The fourth-order valence-corrected chi connectivity index (χ4v) is 7.23. The van der Waals surface area contributed by atoms with Gasteiger partial charge in [0.2, 0.25) is 0 Å². The summed E-state index contributed by atoms with van der Waals surface area (Å²) in [6.07, 6.45) is 2.03. The Kier molecular flexibility index (Phi) is 5.93. The highest BCUT2D eigenvalue weighted by molar-refractivity contribution is 7.94. The second kappa shape index (κ2) is 9.04. The molecule has 8 heteroatoms. The number of anilines is 1. The van der Waals surface area contributed by atoms with E-state index in [1.807, 2.05) is 66.7 Å². The van der Waals surface area contributed by atoms with Crippen LogP contribution in [0.4, 0.5) is 5.69 Å². The number of nitrogens with zero attached hydrogens (tertiary/aromatic N) is 2. The predicted molar refractivity (Wildman–Crippen MR) is 134 cm³/mol. The molecular weight excluding hydrogens is 468 g/mol. The van der Waals surface area contributed by atoms with Crippen molar-refractivity contribution >= 4 is 33.0 Å². The van der Waals surface area contributed by atoms with Crippen LogP contribution in [-0.2, 0) is 14.8 Å². The summed E-state index contributed by atoms with van der Waals surface area (Å²) in [5.41, 5.74) is 4.22. The van der Waals surface area contributed by atoms with E-state index >= 15 is 0 Å². The van der Waals surface area contributed by atoms with Crippen molar-refractivity contribution in [2.45, 2.75) is 23.0 Å². The molecule has 0 radical (unpaired) electrons. The number of hydrogen-bond donors (Lipinski definition) is 1. The Balaban J connectivity index is 1.53. The fourth-order valence-electron chi connectivity index (χ4n) is 4.30. The van der Waals surface area contributed by atoms with Gasteiger partial charge in [0.1, 0.15) is 4.21 Å². The van der Waals surface area contributed by atoms with Gasteiger partial charge in [-0.2, -0.15) is 0 Å². The third-order valence-electron chi connectivity index (χ3n) is 5.98. The van der Waals surface area contributed by atoms with E-state index in [2.05, 4.69) is 4.98 Å². The van der Waals surface area contributed by atoms with Crippen molar-refractivity contribution in [2.75, 3.05) is 10.8 Å². The van der Waals surface area contributed by atoms with Gasteiger partial charge in [-0.25, -0.2) is 8.42 Å². The zero-order valence-corrected chi connectivity index (χ0v) is 19.8. The number of benzene rings is 2. The van der Waals surface area contributed by atoms with E-state index < -0.39 is 16.0 Å². The van der Waals surface area contributed by atoms with Crippen LogP contribution in [0.15, 0.2) is 89.3 Å². The molecule has 6 nitrogen and oxygen atoms in total. The molecule has 0 spiro atoms. The minimum atomic E-state index is -3.81. The van der Waals surface area contributed by atoms with E-state index in [9.17, 15) is 18.3 Å². The maximum Gasteiger partial charge on any atom is 0.303 e. The molecule has 0 saturated carbocycles. The van der Waals surface area contributed by atoms with Crippen molar-refractivity contribution in [3.8, 4) is 21.7 Å². The van der Waals surface area contributed by atoms with Gasteiger partial charge in [0.05, 0.1) is 16.3 Å². The quantitative estimate of drug-likeness (QED) is 0.363. The van der Waals surface area contributed by atoms with Crippen molar-refractivity contribution in [3.05, 3.63) is 90.6 Å². The zero-order valence-electron chi connectivity index (χ0n) is 18.2. The van der Waals surface area contributed by atoms with Crippen LogP contribution in [0.3, 0.4) is 0 Å². The number of rotatable bonds is 7. The van der Waals surface area contributed by atoms with E-state index in [0.29, 0.717) is 12.1 Å². The summed E-state index contributed by atoms with van der Waals surface area (Å²) in [5.74, 6) is -1.08. The lowest BCUT2D eigenvalue weighted by molar-refractivity contribution is -0.137. The number of carboxylic acid groups (broad SMARTS) is 1. The molecule has 1 aliphatic heterocycles. The molecule has 0 aliphatic carbocycles. The van der Waals surface area contributed by atoms with Crippen molar-refractivity contribution in [1.82, 2.24) is 4.98 Å². The molecule has 5 rings (SSSR count). The van der Waals surface area contributed by atoms with E-state index in [1.54, 1.807) is 18.3 Å². The summed E-state index contributed by atoms with van der Waals surface area (Å²) in [4.78, 5) is 16.4.